The molecule has 0 radical (unpaired) electrons. The van der Waals surface area contributed by atoms with Crippen molar-refractivity contribution in [2.75, 3.05) is 13.2 Å². The van der Waals surface area contributed by atoms with E-state index in [0.29, 0.717) is 36.7 Å². The second kappa shape index (κ2) is 6.71. The maximum absolute atomic E-state index is 12.9. The van der Waals surface area contributed by atoms with Crippen molar-refractivity contribution < 1.29 is 24.2 Å². The smallest absolute Gasteiger partial charge is 0.333 e. The third-order valence-electron chi connectivity index (χ3n) is 6.58. The quantitative estimate of drug-likeness (QED) is 0.412. The molecule has 6 nitrogen and oxygen atoms in total. The molecule has 4 saturated carbocycles. The van der Waals surface area contributed by atoms with Crippen LogP contribution in [0.4, 0.5) is 0 Å². The SMILES string of the molecule is C=C(C(=O)OCCNC(=O)C12CC3CC(CC(C(=O)O)(C3)C1)C2)C(C)C. The number of nitrogens with one attached hydrogen (secondary N) is 1. The number of ether oxygens (including phenoxy) is 1. The maximum Gasteiger partial charge on any atom is 0.333 e. The number of carboxylic acids is 1. The van der Waals surface area contributed by atoms with Crippen LogP contribution in [-0.2, 0) is 19.1 Å². The van der Waals surface area contributed by atoms with Crippen LogP contribution in [0.5, 0.6) is 0 Å². The number of esters is 1. The van der Waals surface area contributed by atoms with E-state index in [1.165, 1.54) is 0 Å². The van der Waals surface area contributed by atoms with E-state index in [9.17, 15) is 19.5 Å². The lowest BCUT2D eigenvalue weighted by Crippen LogP contribution is -2.59. The van der Waals surface area contributed by atoms with Crippen molar-refractivity contribution in [1.82, 2.24) is 5.32 Å². The monoisotopic (exact) mass is 363 g/mol. The third kappa shape index (κ3) is 3.26. The lowest BCUT2D eigenvalue weighted by molar-refractivity contribution is -0.179. The van der Waals surface area contributed by atoms with Crippen LogP contribution in [0.3, 0.4) is 0 Å². The van der Waals surface area contributed by atoms with Crippen LogP contribution in [0.1, 0.15) is 52.4 Å². The highest BCUT2D eigenvalue weighted by atomic mass is 16.5. The van der Waals surface area contributed by atoms with Crippen LogP contribution in [0.2, 0.25) is 0 Å². The average molecular weight is 363 g/mol. The number of carbonyl (C=O) groups is 3. The molecule has 0 spiro atoms. The minimum atomic E-state index is -0.745. The number of carbonyl (C=O) groups excluding carboxylic acids is 2. The van der Waals surface area contributed by atoms with Gasteiger partial charge in [-0.05, 0) is 56.3 Å². The first-order valence-electron chi connectivity index (χ1n) is 9.55. The van der Waals surface area contributed by atoms with Gasteiger partial charge in [-0.1, -0.05) is 20.4 Å². The summed E-state index contributed by atoms with van der Waals surface area (Å²) in [4.78, 5) is 36.5. The predicted octanol–water partition coefficient (Wildman–Crippen LogP) is 2.53. The molecular formula is C20H29NO5. The molecule has 0 heterocycles. The molecule has 26 heavy (non-hydrogen) atoms. The van der Waals surface area contributed by atoms with Crippen LogP contribution in [0, 0.1) is 28.6 Å². The highest BCUT2D eigenvalue weighted by molar-refractivity contribution is 5.88. The van der Waals surface area contributed by atoms with E-state index in [0.717, 1.165) is 19.3 Å². The molecule has 144 valence electrons. The van der Waals surface area contributed by atoms with Gasteiger partial charge in [-0.15, -0.1) is 0 Å². The Morgan fingerprint density at radius 3 is 2.27 bits per heavy atom. The molecule has 4 aliphatic carbocycles. The zero-order valence-electron chi connectivity index (χ0n) is 15.7. The molecule has 4 aliphatic rings. The van der Waals surface area contributed by atoms with Crippen LogP contribution < -0.4 is 5.32 Å². The first-order chi connectivity index (χ1) is 12.2. The fourth-order valence-electron chi connectivity index (χ4n) is 5.60. The molecule has 0 saturated heterocycles. The van der Waals surface area contributed by atoms with Crippen molar-refractivity contribution >= 4 is 17.8 Å². The van der Waals surface area contributed by atoms with Crippen LogP contribution in [0.25, 0.3) is 0 Å². The van der Waals surface area contributed by atoms with E-state index in [1.54, 1.807) is 0 Å². The summed E-state index contributed by atoms with van der Waals surface area (Å²) in [5, 5.41) is 12.6. The molecule has 2 N–H and O–H groups in total. The summed E-state index contributed by atoms with van der Waals surface area (Å²) in [5.74, 6) is -0.554. The number of hydrogen-bond donors (Lipinski definition) is 2. The molecular weight excluding hydrogens is 334 g/mol. The molecule has 0 aromatic rings. The largest absolute Gasteiger partial charge is 0.481 e. The molecule has 4 rings (SSSR count). The Balaban J connectivity index is 1.56. The van der Waals surface area contributed by atoms with E-state index in [4.69, 9.17) is 4.74 Å². The molecule has 0 aromatic carbocycles. The van der Waals surface area contributed by atoms with Gasteiger partial charge in [0.05, 0.1) is 17.4 Å². The number of aliphatic carboxylic acids is 1. The van der Waals surface area contributed by atoms with Gasteiger partial charge in [-0.25, -0.2) is 4.79 Å². The van der Waals surface area contributed by atoms with E-state index in [2.05, 4.69) is 11.9 Å². The van der Waals surface area contributed by atoms with Gasteiger partial charge in [0.15, 0.2) is 0 Å². The van der Waals surface area contributed by atoms with Crippen molar-refractivity contribution in [3.63, 3.8) is 0 Å². The Labute approximate surface area is 154 Å². The number of carboxylic acid groups (broad SMARTS) is 1. The minimum absolute atomic E-state index is 0.0244. The fourth-order valence-corrected chi connectivity index (χ4v) is 5.60. The summed E-state index contributed by atoms with van der Waals surface area (Å²) in [6.45, 7) is 7.79. The molecule has 4 fully saturated rings. The second-order valence-corrected chi connectivity index (χ2v) is 8.90. The highest BCUT2D eigenvalue weighted by Crippen LogP contribution is 2.65. The summed E-state index contributed by atoms with van der Waals surface area (Å²) in [6.07, 6.45) is 4.49. The lowest BCUT2D eigenvalue weighted by atomic mass is 9.44. The van der Waals surface area contributed by atoms with Crippen molar-refractivity contribution in [2.45, 2.75) is 52.4 Å². The van der Waals surface area contributed by atoms with Crippen molar-refractivity contribution in [3.05, 3.63) is 12.2 Å². The van der Waals surface area contributed by atoms with Gasteiger partial charge in [0, 0.05) is 5.57 Å². The van der Waals surface area contributed by atoms with Crippen LogP contribution >= 0.6 is 0 Å². The van der Waals surface area contributed by atoms with Crippen molar-refractivity contribution in [2.24, 2.45) is 28.6 Å². The molecule has 2 atom stereocenters. The fraction of sp³-hybridized carbons (Fsp3) is 0.750. The van der Waals surface area contributed by atoms with Crippen LogP contribution in [-0.4, -0.2) is 36.1 Å². The first kappa shape index (κ1) is 18.9. The van der Waals surface area contributed by atoms with E-state index in [-0.39, 0.29) is 25.0 Å². The number of amides is 1. The molecule has 0 aromatic heterocycles. The van der Waals surface area contributed by atoms with Gasteiger partial charge in [-0.3, -0.25) is 9.59 Å². The average Bonchev–Trinajstić information content (AvgIpc) is 2.56. The zero-order valence-corrected chi connectivity index (χ0v) is 15.7. The van der Waals surface area contributed by atoms with Gasteiger partial charge in [0.1, 0.15) is 6.61 Å². The Morgan fingerprint density at radius 1 is 1.15 bits per heavy atom. The zero-order chi connectivity index (χ0) is 19.1. The highest BCUT2D eigenvalue weighted by Gasteiger charge is 2.63. The first-order valence-corrected chi connectivity index (χ1v) is 9.55. The molecule has 0 aliphatic heterocycles. The topological polar surface area (TPSA) is 92.7 Å². The van der Waals surface area contributed by atoms with E-state index < -0.39 is 22.8 Å². The minimum Gasteiger partial charge on any atom is -0.481 e. The Hall–Kier alpha value is -1.85. The van der Waals surface area contributed by atoms with Crippen LogP contribution in [0.15, 0.2) is 12.2 Å². The Bertz CT molecular complexity index is 624. The summed E-state index contributed by atoms with van der Waals surface area (Å²) in [7, 11) is 0. The molecule has 4 bridgehead atoms. The number of hydrogen-bond acceptors (Lipinski definition) is 4. The molecule has 2 unspecified atom stereocenters. The van der Waals surface area contributed by atoms with E-state index >= 15 is 0 Å². The summed E-state index contributed by atoms with van der Waals surface area (Å²) in [6, 6.07) is 0. The van der Waals surface area contributed by atoms with Gasteiger partial charge in [0.2, 0.25) is 5.91 Å². The lowest BCUT2D eigenvalue weighted by Gasteiger charge is -2.59. The van der Waals surface area contributed by atoms with Crippen molar-refractivity contribution in [1.29, 1.82) is 0 Å². The predicted molar refractivity (Wildman–Crippen MR) is 95.1 cm³/mol. The summed E-state index contributed by atoms with van der Waals surface area (Å²) >= 11 is 0. The molecule has 6 heteroatoms. The Kier molecular flexibility index (Phi) is 4.88. The van der Waals surface area contributed by atoms with Gasteiger partial charge >= 0.3 is 11.9 Å². The van der Waals surface area contributed by atoms with Gasteiger partial charge in [0.25, 0.3) is 0 Å². The van der Waals surface area contributed by atoms with E-state index in [1.807, 2.05) is 13.8 Å². The summed E-state index contributed by atoms with van der Waals surface area (Å²) < 4.78 is 5.15. The standard InChI is InChI=1S/C20H29NO5/c1-12(2)13(3)16(22)26-5-4-21-17(23)19-7-14-6-15(8-19)10-20(9-14,11-19)18(24)25/h12,14-15H,3-11H2,1-2H3,(H,21,23)(H,24,25). The third-order valence-corrected chi connectivity index (χ3v) is 6.58. The van der Waals surface area contributed by atoms with Crippen molar-refractivity contribution in [3.8, 4) is 0 Å². The normalized spacial score (nSPS) is 34.6. The number of rotatable bonds is 7. The molecule has 1 amide bonds. The second-order valence-electron chi connectivity index (χ2n) is 8.90. The van der Waals surface area contributed by atoms with Gasteiger partial charge < -0.3 is 15.2 Å². The van der Waals surface area contributed by atoms with Gasteiger partial charge in [-0.2, -0.15) is 0 Å². The Morgan fingerprint density at radius 2 is 1.73 bits per heavy atom. The maximum atomic E-state index is 12.9. The summed E-state index contributed by atoms with van der Waals surface area (Å²) in [5.41, 5.74) is -0.863.